The van der Waals surface area contributed by atoms with E-state index in [-0.39, 0.29) is 6.42 Å². The summed E-state index contributed by atoms with van der Waals surface area (Å²) in [6.07, 6.45) is 1.55. The quantitative estimate of drug-likeness (QED) is 0.800. The maximum Gasteiger partial charge on any atom is 0.307 e. The first-order valence-electron chi connectivity index (χ1n) is 2.99. The summed E-state index contributed by atoms with van der Waals surface area (Å²) >= 11 is 3.22. The lowest BCUT2D eigenvalue weighted by molar-refractivity contribution is -0.136. The lowest BCUT2D eigenvalue weighted by atomic mass is 10.3. The van der Waals surface area contributed by atoms with Crippen molar-refractivity contribution in [2.75, 3.05) is 0 Å². The molecular weight excluding hydrogens is 212 g/mol. The Morgan fingerprint density at radius 2 is 2.55 bits per heavy atom. The van der Waals surface area contributed by atoms with Crippen molar-refractivity contribution in [1.29, 1.82) is 0 Å². The van der Waals surface area contributed by atoms with Gasteiger partial charge >= 0.3 is 5.97 Å². The Hall–Kier alpha value is -0.840. The van der Waals surface area contributed by atoms with Gasteiger partial charge in [-0.15, -0.1) is 0 Å². The van der Waals surface area contributed by atoms with Crippen LogP contribution in [0.25, 0.3) is 0 Å². The second-order valence-electron chi connectivity index (χ2n) is 2.15. The molecule has 0 aliphatic heterocycles. The summed E-state index contributed by atoms with van der Waals surface area (Å²) in [5.74, 6) is -0.848. The zero-order valence-electron chi connectivity index (χ0n) is 5.91. The van der Waals surface area contributed by atoms with Crippen molar-refractivity contribution in [3.63, 3.8) is 0 Å². The number of aryl methyl sites for hydroxylation is 1. The molecule has 0 spiro atoms. The third-order valence-electron chi connectivity index (χ3n) is 1.28. The summed E-state index contributed by atoms with van der Waals surface area (Å²) < 4.78 is 2.30. The summed E-state index contributed by atoms with van der Waals surface area (Å²) in [6.45, 7) is 0. The molecule has 1 aromatic rings. The molecule has 0 saturated carbocycles. The van der Waals surface area contributed by atoms with Crippen LogP contribution >= 0.6 is 15.9 Å². The molecule has 0 aliphatic rings. The molecule has 0 bridgehead atoms. The van der Waals surface area contributed by atoms with Crippen LogP contribution in [0.1, 0.15) is 5.56 Å². The highest BCUT2D eigenvalue weighted by atomic mass is 79.9. The molecule has 0 fully saturated rings. The summed E-state index contributed by atoms with van der Waals surface area (Å²) in [5, 5.41) is 12.3. The van der Waals surface area contributed by atoms with E-state index in [1.165, 1.54) is 6.20 Å². The molecule has 4 nitrogen and oxygen atoms in total. The van der Waals surface area contributed by atoms with E-state index in [0.29, 0.717) is 5.56 Å². The van der Waals surface area contributed by atoms with Gasteiger partial charge in [-0.25, -0.2) is 0 Å². The normalized spacial score (nSPS) is 10.0. The Morgan fingerprint density at radius 3 is 2.91 bits per heavy atom. The van der Waals surface area contributed by atoms with Gasteiger partial charge in [0, 0.05) is 12.6 Å². The van der Waals surface area contributed by atoms with Crippen LogP contribution in [0.15, 0.2) is 10.8 Å². The van der Waals surface area contributed by atoms with Gasteiger partial charge in [0.1, 0.15) is 4.60 Å². The molecule has 0 aliphatic carbocycles. The lowest BCUT2D eigenvalue weighted by Crippen LogP contribution is -1.99. The van der Waals surface area contributed by atoms with E-state index in [1.807, 2.05) is 0 Å². The van der Waals surface area contributed by atoms with Gasteiger partial charge in [0.15, 0.2) is 0 Å². The summed E-state index contributed by atoms with van der Waals surface area (Å²) in [5.41, 5.74) is 0.694. The van der Waals surface area contributed by atoms with Gasteiger partial charge < -0.3 is 5.11 Å². The summed E-state index contributed by atoms with van der Waals surface area (Å²) in [6, 6.07) is 0. The average Bonchev–Trinajstić information content (AvgIpc) is 2.18. The first kappa shape index (κ1) is 8.26. The molecule has 0 atom stereocenters. The molecule has 0 radical (unpaired) electrons. The van der Waals surface area contributed by atoms with Gasteiger partial charge in [-0.2, -0.15) is 5.10 Å². The van der Waals surface area contributed by atoms with E-state index in [9.17, 15) is 4.79 Å². The van der Waals surface area contributed by atoms with Crippen LogP contribution in [-0.2, 0) is 18.3 Å². The van der Waals surface area contributed by atoms with Gasteiger partial charge in [-0.05, 0) is 15.9 Å². The monoisotopic (exact) mass is 218 g/mol. The highest BCUT2D eigenvalue weighted by Gasteiger charge is 2.08. The minimum Gasteiger partial charge on any atom is -0.481 e. The molecule has 1 aromatic heterocycles. The Bertz CT molecular complexity index is 282. The number of halogens is 1. The Kier molecular flexibility index (Phi) is 2.28. The molecule has 5 heteroatoms. The molecule has 1 rings (SSSR count). The molecule has 0 unspecified atom stereocenters. The fourth-order valence-corrected chi connectivity index (χ4v) is 1.08. The number of aromatic nitrogens is 2. The van der Waals surface area contributed by atoms with Crippen LogP contribution in [0, 0.1) is 0 Å². The largest absolute Gasteiger partial charge is 0.481 e. The van der Waals surface area contributed by atoms with Gasteiger partial charge in [0.05, 0.1) is 12.6 Å². The van der Waals surface area contributed by atoms with Crippen LogP contribution in [0.5, 0.6) is 0 Å². The van der Waals surface area contributed by atoms with E-state index in [4.69, 9.17) is 5.11 Å². The van der Waals surface area contributed by atoms with E-state index < -0.39 is 5.97 Å². The number of carbonyl (C=O) groups is 1. The molecule has 0 saturated heterocycles. The van der Waals surface area contributed by atoms with Gasteiger partial charge in [-0.1, -0.05) is 0 Å². The number of hydrogen-bond donors (Lipinski definition) is 1. The summed E-state index contributed by atoms with van der Waals surface area (Å²) in [4.78, 5) is 10.3. The molecule has 60 valence electrons. The summed E-state index contributed by atoms with van der Waals surface area (Å²) in [7, 11) is 1.75. The first-order chi connectivity index (χ1) is 5.11. The van der Waals surface area contributed by atoms with Crippen molar-refractivity contribution in [2.24, 2.45) is 7.05 Å². The number of carboxylic acids is 1. The molecule has 1 heterocycles. The predicted molar refractivity (Wildman–Crippen MR) is 42.2 cm³/mol. The van der Waals surface area contributed by atoms with Crippen LogP contribution in [0.3, 0.4) is 0 Å². The maximum atomic E-state index is 10.3. The van der Waals surface area contributed by atoms with E-state index in [2.05, 4.69) is 21.0 Å². The molecule has 0 amide bonds. The Labute approximate surface area is 72.0 Å². The standard InChI is InChI=1S/C6H7BrN2O2/c1-9-6(7)4(3-8-9)2-5(10)11/h3H,2H2,1H3,(H,10,11). The minimum atomic E-state index is -0.848. The van der Waals surface area contributed by atoms with E-state index >= 15 is 0 Å². The van der Waals surface area contributed by atoms with Gasteiger partial charge in [0.25, 0.3) is 0 Å². The number of hydrogen-bond acceptors (Lipinski definition) is 2. The first-order valence-corrected chi connectivity index (χ1v) is 3.78. The highest BCUT2D eigenvalue weighted by molar-refractivity contribution is 9.10. The third kappa shape index (κ3) is 1.80. The van der Waals surface area contributed by atoms with E-state index in [0.717, 1.165) is 4.60 Å². The van der Waals surface area contributed by atoms with Crippen LogP contribution in [0.2, 0.25) is 0 Å². The third-order valence-corrected chi connectivity index (χ3v) is 2.30. The predicted octanol–water partition coefficient (Wildman–Crippen LogP) is 0.810. The lowest BCUT2D eigenvalue weighted by Gasteiger charge is -1.93. The number of rotatable bonds is 2. The van der Waals surface area contributed by atoms with Crippen molar-refractivity contribution in [1.82, 2.24) is 9.78 Å². The second-order valence-corrected chi connectivity index (χ2v) is 2.91. The zero-order valence-corrected chi connectivity index (χ0v) is 7.50. The SMILES string of the molecule is Cn1ncc(CC(=O)O)c1Br. The van der Waals surface area contributed by atoms with Crippen molar-refractivity contribution in [3.05, 3.63) is 16.4 Å². The van der Waals surface area contributed by atoms with Crippen molar-refractivity contribution in [2.45, 2.75) is 6.42 Å². The van der Waals surface area contributed by atoms with Crippen molar-refractivity contribution >= 4 is 21.9 Å². The fourth-order valence-electron chi connectivity index (χ4n) is 0.750. The Morgan fingerprint density at radius 1 is 1.91 bits per heavy atom. The average molecular weight is 219 g/mol. The maximum absolute atomic E-state index is 10.3. The number of carboxylic acid groups (broad SMARTS) is 1. The smallest absolute Gasteiger partial charge is 0.307 e. The van der Waals surface area contributed by atoms with E-state index in [1.54, 1.807) is 11.7 Å². The topological polar surface area (TPSA) is 55.1 Å². The van der Waals surface area contributed by atoms with Crippen LogP contribution in [-0.4, -0.2) is 20.9 Å². The second kappa shape index (κ2) is 3.04. The molecule has 11 heavy (non-hydrogen) atoms. The van der Waals surface area contributed by atoms with Crippen LogP contribution < -0.4 is 0 Å². The Balaban J connectivity index is 2.87. The highest BCUT2D eigenvalue weighted by Crippen LogP contribution is 2.14. The molecule has 1 N–H and O–H groups in total. The van der Waals surface area contributed by atoms with Crippen LogP contribution in [0.4, 0.5) is 0 Å². The fraction of sp³-hybridized carbons (Fsp3) is 0.333. The van der Waals surface area contributed by atoms with Gasteiger partial charge in [-0.3, -0.25) is 9.48 Å². The minimum absolute atomic E-state index is 0.00836. The van der Waals surface area contributed by atoms with Crippen molar-refractivity contribution < 1.29 is 9.90 Å². The zero-order chi connectivity index (χ0) is 8.43. The number of nitrogens with zero attached hydrogens (tertiary/aromatic N) is 2. The van der Waals surface area contributed by atoms with Crippen molar-refractivity contribution in [3.8, 4) is 0 Å². The molecule has 0 aromatic carbocycles. The number of aliphatic carboxylic acids is 1. The molecular formula is C6H7BrN2O2. The van der Waals surface area contributed by atoms with Gasteiger partial charge in [0.2, 0.25) is 0 Å².